The molecule has 0 bridgehead atoms. The Balaban J connectivity index is 2.23. The van der Waals surface area contributed by atoms with Crippen molar-refractivity contribution in [1.82, 2.24) is 4.90 Å². The normalized spacial score (nSPS) is 22.6. The van der Waals surface area contributed by atoms with Gasteiger partial charge in [-0.2, -0.15) is 0 Å². The van der Waals surface area contributed by atoms with Gasteiger partial charge in [0, 0.05) is 13.1 Å². The summed E-state index contributed by atoms with van der Waals surface area (Å²) in [6, 6.07) is 4.84. The molecular weight excluding hydrogens is 289 g/mol. The molecule has 0 aromatic heterocycles. The first kappa shape index (κ1) is 14.2. The average Bonchev–Trinajstić information content (AvgIpc) is 2.76. The molecule has 0 spiro atoms. The van der Waals surface area contributed by atoms with Gasteiger partial charge in [-0.3, -0.25) is 9.59 Å². The van der Waals surface area contributed by atoms with Crippen LogP contribution in [0.3, 0.4) is 0 Å². The second-order valence-electron chi connectivity index (χ2n) is 4.94. The lowest BCUT2D eigenvalue weighted by Gasteiger charge is -2.20. The lowest BCUT2D eigenvalue weighted by molar-refractivity contribution is -0.147. The van der Waals surface area contributed by atoms with Crippen LogP contribution in [0.25, 0.3) is 0 Å². The fourth-order valence-corrected chi connectivity index (χ4v) is 2.53. The summed E-state index contributed by atoms with van der Waals surface area (Å²) in [5.74, 6) is -1.17. The molecule has 2 rings (SSSR count). The molecule has 6 heteroatoms. The number of hydrogen-bond acceptors (Lipinski definition) is 2. The number of carboxylic acids is 1. The Morgan fingerprint density at radius 1 is 1.37 bits per heavy atom. The Morgan fingerprint density at radius 3 is 2.63 bits per heavy atom. The van der Waals surface area contributed by atoms with E-state index in [1.54, 1.807) is 25.1 Å². The fourth-order valence-electron chi connectivity index (χ4n) is 2.15. The SMILES string of the molecule is CC1(C(=O)O)CCN(C(=O)c2cccc(Cl)c2Cl)C1. The monoisotopic (exact) mass is 301 g/mol. The molecule has 19 heavy (non-hydrogen) atoms. The summed E-state index contributed by atoms with van der Waals surface area (Å²) in [5.41, 5.74) is -0.579. The number of carbonyl (C=O) groups is 2. The van der Waals surface area contributed by atoms with E-state index in [4.69, 9.17) is 28.3 Å². The van der Waals surface area contributed by atoms with E-state index in [9.17, 15) is 9.59 Å². The number of hydrogen-bond donors (Lipinski definition) is 1. The van der Waals surface area contributed by atoms with E-state index in [-0.39, 0.29) is 17.5 Å². The number of carbonyl (C=O) groups excluding carboxylic acids is 1. The molecular formula is C13H13Cl2NO3. The van der Waals surface area contributed by atoms with Crippen LogP contribution >= 0.6 is 23.2 Å². The Morgan fingerprint density at radius 2 is 2.05 bits per heavy atom. The highest BCUT2D eigenvalue weighted by Crippen LogP contribution is 2.33. The van der Waals surface area contributed by atoms with E-state index in [0.717, 1.165) is 0 Å². The lowest BCUT2D eigenvalue weighted by atomic mass is 9.90. The number of halogens is 2. The Hall–Kier alpha value is -1.26. The second kappa shape index (κ2) is 5.02. The van der Waals surface area contributed by atoms with Gasteiger partial charge >= 0.3 is 5.97 Å². The minimum absolute atomic E-state index is 0.185. The van der Waals surface area contributed by atoms with Crippen LogP contribution in [0.4, 0.5) is 0 Å². The molecule has 0 saturated carbocycles. The maximum Gasteiger partial charge on any atom is 0.311 e. The molecule has 1 aromatic rings. The van der Waals surface area contributed by atoms with Crippen LogP contribution in [0.1, 0.15) is 23.7 Å². The van der Waals surface area contributed by atoms with Crippen LogP contribution < -0.4 is 0 Å². The van der Waals surface area contributed by atoms with Gasteiger partial charge in [-0.25, -0.2) is 0 Å². The van der Waals surface area contributed by atoms with E-state index in [2.05, 4.69) is 0 Å². The molecule has 1 unspecified atom stereocenters. The van der Waals surface area contributed by atoms with Gasteiger partial charge < -0.3 is 10.0 Å². The molecule has 1 aliphatic rings. The highest BCUT2D eigenvalue weighted by Gasteiger charge is 2.42. The summed E-state index contributed by atoms with van der Waals surface area (Å²) >= 11 is 11.9. The molecule has 1 atom stereocenters. The summed E-state index contributed by atoms with van der Waals surface area (Å²) in [4.78, 5) is 25.0. The maximum atomic E-state index is 12.3. The van der Waals surface area contributed by atoms with Gasteiger partial charge in [0.05, 0.1) is 21.0 Å². The van der Waals surface area contributed by atoms with Crippen LogP contribution in [-0.4, -0.2) is 35.0 Å². The molecule has 1 saturated heterocycles. The first-order valence-corrected chi connectivity index (χ1v) is 6.57. The zero-order valence-electron chi connectivity index (χ0n) is 10.3. The number of aliphatic carboxylic acids is 1. The van der Waals surface area contributed by atoms with Crippen LogP contribution in [0.15, 0.2) is 18.2 Å². The van der Waals surface area contributed by atoms with E-state index in [1.165, 1.54) is 4.90 Å². The van der Waals surface area contributed by atoms with Crippen molar-refractivity contribution in [2.24, 2.45) is 5.41 Å². The van der Waals surface area contributed by atoms with Crippen molar-refractivity contribution in [3.05, 3.63) is 33.8 Å². The number of nitrogens with zero attached hydrogens (tertiary/aromatic N) is 1. The van der Waals surface area contributed by atoms with E-state index >= 15 is 0 Å². The first-order chi connectivity index (χ1) is 8.85. The summed E-state index contributed by atoms with van der Waals surface area (Å²) in [6.07, 6.45) is 0.437. The van der Waals surface area contributed by atoms with Gasteiger partial charge in [0.1, 0.15) is 0 Å². The number of carboxylic acid groups (broad SMARTS) is 1. The molecule has 1 heterocycles. The lowest BCUT2D eigenvalue weighted by Crippen LogP contribution is -2.35. The van der Waals surface area contributed by atoms with Crippen LogP contribution in [0, 0.1) is 5.41 Å². The van der Waals surface area contributed by atoms with Crippen LogP contribution in [0.5, 0.6) is 0 Å². The third-order valence-electron chi connectivity index (χ3n) is 3.46. The standard InChI is InChI=1S/C13H13Cl2NO3/c1-13(12(18)19)5-6-16(7-13)11(17)8-3-2-4-9(14)10(8)15/h2-4H,5-7H2,1H3,(H,18,19). The third-order valence-corrected chi connectivity index (χ3v) is 4.28. The third kappa shape index (κ3) is 2.55. The summed E-state index contributed by atoms with van der Waals surface area (Å²) in [6.45, 7) is 2.23. The van der Waals surface area contributed by atoms with Crippen molar-refractivity contribution in [3.8, 4) is 0 Å². The van der Waals surface area contributed by atoms with Gasteiger partial charge in [-0.1, -0.05) is 29.3 Å². The minimum atomic E-state index is -0.889. The van der Waals surface area contributed by atoms with Crippen molar-refractivity contribution in [2.45, 2.75) is 13.3 Å². The molecule has 1 aliphatic heterocycles. The highest BCUT2D eigenvalue weighted by atomic mass is 35.5. The van der Waals surface area contributed by atoms with Crippen molar-refractivity contribution in [3.63, 3.8) is 0 Å². The minimum Gasteiger partial charge on any atom is -0.481 e. The van der Waals surface area contributed by atoms with Crippen molar-refractivity contribution < 1.29 is 14.7 Å². The number of likely N-dealkylation sites (tertiary alicyclic amines) is 1. The smallest absolute Gasteiger partial charge is 0.311 e. The fraction of sp³-hybridized carbons (Fsp3) is 0.385. The Kier molecular flexibility index (Phi) is 3.74. The number of rotatable bonds is 2. The van der Waals surface area contributed by atoms with E-state index < -0.39 is 11.4 Å². The predicted molar refractivity (Wildman–Crippen MR) is 72.7 cm³/mol. The van der Waals surface area contributed by atoms with Crippen LogP contribution in [-0.2, 0) is 4.79 Å². The Bertz CT molecular complexity index is 547. The summed E-state index contributed by atoms with van der Waals surface area (Å²) in [5, 5.41) is 9.68. The van der Waals surface area contributed by atoms with E-state index in [0.29, 0.717) is 23.6 Å². The van der Waals surface area contributed by atoms with Gasteiger partial charge in [-0.05, 0) is 25.5 Å². The van der Waals surface area contributed by atoms with Crippen molar-refractivity contribution in [1.29, 1.82) is 0 Å². The number of benzene rings is 1. The summed E-state index contributed by atoms with van der Waals surface area (Å²) < 4.78 is 0. The highest BCUT2D eigenvalue weighted by molar-refractivity contribution is 6.43. The average molecular weight is 302 g/mol. The molecule has 1 fully saturated rings. The zero-order chi connectivity index (χ0) is 14.2. The number of amides is 1. The van der Waals surface area contributed by atoms with Gasteiger partial charge in [-0.15, -0.1) is 0 Å². The van der Waals surface area contributed by atoms with Crippen molar-refractivity contribution >= 4 is 35.1 Å². The Labute approximate surface area is 120 Å². The van der Waals surface area contributed by atoms with Gasteiger partial charge in [0.15, 0.2) is 0 Å². The zero-order valence-corrected chi connectivity index (χ0v) is 11.8. The first-order valence-electron chi connectivity index (χ1n) is 5.82. The molecule has 1 amide bonds. The molecule has 4 nitrogen and oxygen atoms in total. The quantitative estimate of drug-likeness (QED) is 0.914. The molecule has 102 valence electrons. The van der Waals surface area contributed by atoms with Crippen molar-refractivity contribution in [2.75, 3.05) is 13.1 Å². The van der Waals surface area contributed by atoms with E-state index in [1.807, 2.05) is 0 Å². The predicted octanol–water partition coefficient (Wildman–Crippen LogP) is 2.93. The van der Waals surface area contributed by atoms with Gasteiger partial charge in [0.2, 0.25) is 0 Å². The molecule has 1 aromatic carbocycles. The molecule has 1 N–H and O–H groups in total. The maximum absolute atomic E-state index is 12.3. The summed E-state index contributed by atoms with van der Waals surface area (Å²) in [7, 11) is 0. The largest absolute Gasteiger partial charge is 0.481 e. The molecule has 0 aliphatic carbocycles. The van der Waals surface area contributed by atoms with Gasteiger partial charge in [0.25, 0.3) is 5.91 Å². The van der Waals surface area contributed by atoms with Crippen LogP contribution in [0.2, 0.25) is 10.0 Å². The second-order valence-corrected chi connectivity index (χ2v) is 5.73. The molecule has 0 radical (unpaired) electrons. The topological polar surface area (TPSA) is 57.6 Å².